The summed E-state index contributed by atoms with van der Waals surface area (Å²) in [5.41, 5.74) is -0.246. The van der Waals surface area contributed by atoms with Gasteiger partial charge in [0.2, 0.25) is 0 Å². The Morgan fingerprint density at radius 2 is 1.75 bits per heavy atom. The van der Waals surface area contributed by atoms with Gasteiger partial charge in [-0.1, -0.05) is 0 Å². The maximum atomic E-state index is 8.94. The predicted molar refractivity (Wildman–Crippen MR) is 87.1 cm³/mol. The number of hydrogen-bond acceptors (Lipinski definition) is 3. The van der Waals surface area contributed by atoms with Crippen molar-refractivity contribution in [2.45, 2.75) is 33.1 Å². The molecule has 0 bridgehead atoms. The van der Waals surface area contributed by atoms with Crippen LogP contribution in [0.2, 0.25) is 0 Å². The van der Waals surface area contributed by atoms with Crippen molar-refractivity contribution < 1.29 is 9.47 Å². The molecule has 1 aromatic rings. The minimum atomic E-state index is -0.246. The predicted octanol–water partition coefficient (Wildman–Crippen LogP) is 5.32. The molecule has 0 unspecified atom stereocenters. The molecule has 0 radical (unpaired) electrons. The minimum absolute atomic E-state index is 0.246. The van der Waals surface area contributed by atoms with Crippen LogP contribution < -0.4 is 9.47 Å². The van der Waals surface area contributed by atoms with Gasteiger partial charge in [-0.2, -0.15) is 5.26 Å². The SMILES string of the molecule is COc1cc(Br)c(OCCCCC(C)(C)C#N)cc1Br. The normalized spacial score (nSPS) is 11.0. The summed E-state index contributed by atoms with van der Waals surface area (Å²) in [5, 5.41) is 8.94. The zero-order valence-electron chi connectivity index (χ0n) is 12.0. The topological polar surface area (TPSA) is 42.2 Å². The van der Waals surface area contributed by atoms with Crippen LogP contribution in [0.15, 0.2) is 21.1 Å². The van der Waals surface area contributed by atoms with Crippen molar-refractivity contribution in [3.63, 3.8) is 0 Å². The van der Waals surface area contributed by atoms with Crippen molar-refractivity contribution in [1.29, 1.82) is 5.26 Å². The summed E-state index contributed by atoms with van der Waals surface area (Å²) in [6, 6.07) is 6.07. The largest absolute Gasteiger partial charge is 0.496 e. The van der Waals surface area contributed by atoms with Crippen LogP contribution in [0, 0.1) is 16.7 Å². The number of rotatable bonds is 7. The fourth-order valence-corrected chi connectivity index (χ4v) is 2.61. The summed E-state index contributed by atoms with van der Waals surface area (Å²) < 4.78 is 12.7. The average Bonchev–Trinajstić information content (AvgIpc) is 2.41. The van der Waals surface area contributed by atoms with E-state index in [2.05, 4.69) is 37.9 Å². The Labute approximate surface area is 137 Å². The molecule has 0 spiro atoms. The molecule has 3 nitrogen and oxygen atoms in total. The van der Waals surface area contributed by atoms with E-state index < -0.39 is 0 Å². The third kappa shape index (κ3) is 5.34. The highest BCUT2D eigenvalue weighted by Gasteiger charge is 2.15. The van der Waals surface area contributed by atoms with Crippen molar-refractivity contribution in [3.05, 3.63) is 21.1 Å². The molecule has 1 rings (SSSR count). The molecule has 5 heteroatoms. The summed E-state index contributed by atoms with van der Waals surface area (Å²) in [6.45, 7) is 4.56. The maximum Gasteiger partial charge on any atom is 0.134 e. The number of ether oxygens (including phenoxy) is 2. The second kappa shape index (κ2) is 7.90. The number of nitrogens with zero attached hydrogens (tertiary/aromatic N) is 1. The molecule has 0 heterocycles. The first-order valence-corrected chi connectivity index (χ1v) is 8.05. The molecule has 20 heavy (non-hydrogen) atoms. The quantitative estimate of drug-likeness (QED) is 0.577. The Balaban J connectivity index is 2.44. The lowest BCUT2D eigenvalue weighted by atomic mass is 9.89. The fourth-order valence-electron chi connectivity index (χ4n) is 1.68. The van der Waals surface area contributed by atoms with Crippen LogP contribution in [-0.2, 0) is 0 Å². The van der Waals surface area contributed by atoms with Gasteiger partial charge in [0.15, 0.2) is 0 Å². The van der Waals surface area contributed by atoms with Crippen LogP contribution in [0.25, 0.3) is 0 Å². The van der Waals surface area contributed by atoms with Crippen molar-refractivity contribution in [3.8, 4) is 17.6 Å². The second-order valence-corrected chi connectivity index (χ2v) is 6.93. The molecule has 0 aliphatic carbocycles. The fraction of sp³-hybridized carbons (Fsp3) is 0.533. The van der Waals surface area contributed by atoms with Gasteiger partial charge in [-0.05, 0) is 77.1 Å². The van der Waals surface area contributed by atoms with E-state index in [1.807, 2.05) is 26.0 Å². The number of hydrogen-bond donors (Lipinski definition) is 0. The first-order valence-electron chi connectivity index (χ1n) is 6.46. The summed E-state index contributed by atoms with van der Waals surface area (Å²) in [5.74, 6) is 1.55. The van der Waals surface area contributed by atoms with Gasteiger partial charge in [0.25, 0.3) is 0 Å². The molecule has 0 atom stereocenters. The van der Waals surface area contributed by atoms with Crippen LogP contribution in [0.4, 0.5) is 0 Å². The lowest BCUT2D eigenvalue weighted by Crippen LogP contribution is -2.08. The summed E-state index contributed by atoms with van der Waals surface area (Å²) in [6.07, 6.45) is 2.80. The van der Waals surface area contributed by atoms with Crippen LogP contribution in [0.5, 0.6) is 11.5 Å². The highest BCUT2D eigenvalue weighted by molar-refractivity contribution is 9.11. The molecule has 0 N–H and O–H groups in total. The van der Waals surface area contributed by atoms with Crippen molar-refractivity contribution in [1.82, 2.24) is 0 Å². The first-order chi connectivity index (χ1) is 9.39. The van der Waals surface area contributed by atoms with Gasteiger partial charge in [0.05, 0.1) is 34.1 Å². The molecule has 0 fully saturated rings. The van der Waals surface area contributed by atoms with Gasteiger partial charge in [-0.25, -0.2) is 0 Å². The van der Waals surface area contributed by atoms with Gasteiger partial charge in [-0.3, -0.25) is 0 Å². The van der Waals surface area contributed by atoms with E-state index in [9.17, 15) is 0 Å². The summed E-state index contributed by atoms with van der Waals surface area (Å²) >= 11 is 6.90. The van der Waals surface area contributed by atoms with Gasteiger partial charge in [0, 0.05) is 0 Å². The van der Waals surface area contributed by atoms with Crippen LogP contribution in [0.3, 0.4) is 0 Å². The third-order valence-corrected chi connectivity index (χ3v) is 4.20. The number of unbranched alkanes of at least 4 members (excludes halogenated alkanes) is 1. The average molecular weight is 405 g/mol. The Hall–Kier alpha value is -0.730. The monoisotopic (exact) mass is 403 g/mol. The van der Waals surface area contributed by atoms with Crippen molar-refractivity contribution in [2.24, 2.45) is 5.41 Å². The smallest absolute Gasteiger partial charge is 0.134 e. The molecule has 0 aromatic heterocycles. The van der Waals surface area contributed by atoms with E-state index in [-0.39, 0.29) is 5.41 Å². The Morgan fingerprint density at radius 3 is 2.35 bits per heavy atom. The lowest BCUT2D eigenvalue weighted by molar-refractivity contribution is 0.292. The highest BCUT2D eigenvalue weighted by Crippen LogP contribution is 2.36. The Bertz CT molecular complexity index is 495. The van der Waals surface area contributed by atoms with E-state index in [1.165, 1.54) is 0 Å². The first kappa shape index (κ1) is 17.3. The van der Waals surface area contributed by atoms with E-state index in [4.69, 9.17) is 14.7 Å². The van der Waals surface area contributed by atoms with Gasteiger partial charge < -0.3 is 9.47 Å². The summed E-state index contributed by atoms with van der Waals surface area (Å²) in [7, 11) is 1.63. The van der Waals surface area contributed by atoms with Crippen LogP contribution in [-0.4, -0.2) is 13.7 Å². The standard InChI is InChI=1S/C15H19Br2NO2/c1-15(2,10-18)6-4-5-7-20-14-9-11(16)13(19-3)8-12(14)17/h8-9H,4-7H2,1-3H3. The van der Waals surface area contributed by atoms with E-state index in [1.54, 1.807) is 7.11 Å². The zero-order valence-corrected chi connectivity index (χ0v) is 15.2. The lowest BCUT2D eigenvalue weighted by Gasteiger charge is -2.15. The summed E-state index contributed by atoms with van der Waals surface area (Å²) in [4.78, 5) is 0. The molecule has 110 valence electrons. The highest BCUT2D eigenvalue weighted by atomic mass is 79.9. The Kier molecular flexibility index (Phi) is 6.84. The van der Waals surface area contributed by atoms with Crippen molar-refractivity contribution >= 4 is 31.9 Å². The molecular weight excluding hydrogens is 386 g/mol. The van der Waals surface area contributed by atoms with Crippen molar-refractivity contribution in [2.75, 3.05) is 13.7 Å². The van der Waals surface area contributed by atoms with E-state index in [0.717, 1.165) is 39.7 Å². The molecular formula is C15H19Br2NO2. The number of nitriles is 1. The zero-order chi connectivity index (χ0) is 15.2. The molecule has 0 saturated carbocycles. The third-order valence-electron chi connectivity index (χ3n) is 2.96. The molecule has 1 aromatic carbocycles. The van der Waals surface area contributed by atoms with E-state index >= 15 is 0 Å². The molecule has 0 aliphatic rings. The second-order valence-electron chi connectivity index (χ2n) is 5.22. The molecule has 0 saturated heterocycles. The Morgan fingerprint density at radius 1 is 1.15 bits per heavy atom. The van der Waals surface area contributed by atoms with Crippen LogP contribution in [0.1, 0.15) is 33.1 Å². The molecule has 0 aliphatic heterocycles. The molecule has 0 amide bonds. The van der Waals surface area contributed by atoms with E-state index in [0.29, 0.717) is 6.61 Å². The van der Waals surface area contributed by atoms with Gasteiger partial charge in [-0.15, -0.1) is 0 Å². The number of benzene rings is 1. The van der Waals surface area contributed by atoms with Gasteiger partial charge in [0.1, 0.15) is 11.5 Å². The minimum Gasteiger partial charge on any atom is -0.496 e. The van der Waals surface area contributed by atoms with Gasteiger partial charge >= 0.3 is 0 Å². The number of methoxy groups -OCH3 is 1. The number of halogens is 2. The van der Waals surface area contributed by atoms with Crippen LogP contribution >= 0.6 is 31.9 Å². The maximum absolute atomic E-state index is 8.94.